The van der Waals surface area contributed by atoms with E-state index in [4.69, 9.17) is 4.74 Å². The van der Waals surface area contributed by atoms with Crippen LogP contribution in [0.15, 0.2) is 0 Å². The van der Waals surface area contributed by atoms with Gasteiger partial charge in [0.1, 0.15) is 0 Å². The lowest BCUT2D eigenvalue weighted by Gasteiger charge is -2.42. The number of likely N-dealkylation sites (N-methyl/N-ethyl adjacent to an activating group) is 1. The van der Waals surface area contributed by atoms with Gasteiger partial charge in [0.25, 0.3) is 0 Å². The number of alkyl halides is 3. The minimum absolute atomic E-state index is 0.0350. The quantitative estimate of drug-likeness (QED) is 0.841. The van der Waals surface area contributed by atoms with Gasteiger partial charge in [0.2, 0.25) is 0 Å². The van der Waals surface area contributed by atoms with E-state index in [1.807, 2.05) is 6.92 Å². The summed E-state index contributed by atoms with van der Waals surface area (Å²) in [6, 6.07) is 0.0350. The van der Waals surface area contributed by atoms with Crippen LogP contribution in [0.3, 0.4) is 0 Å². The molecular weight excluding hydrogens is 243 g/mol. The average molecular weight is 267 g/mol. The predicted molar refractivity (Wildman–Crippen MR) is 65.5 cm³/mol. The van der Waals surface area contributed by atoms with Gasteiger partial charge >= 0.3 is 6.18 Å². The van der Waals surface area contributed by atoms with Crippen LogP contribution in [0.4, 0.5) is 13.2 Å². The second kappa shape index (κ2) is 5.78. The first-order valence-electron chi connectivity index (χ1n) is 6.61. The second-order valence-corrected chi connectivity index (χ2v) is 5.93. The lowest BCUT2D eigenvalue weighted by Crippen LogP contribution is -2.50. The highest BCUT2D eigenvalue weighted by molar-refractivity contribution is 4.90. The predicted octanol–water partition coefficient (Wildman–Crippen LogP) is 3.51. The van der Waals surface area contributed by atoms with Crippen LogP contribution in [-0.2, 0) is 4.74 Å². The maximum absolute atomic E-state index is 12.6. The molecule has 108 valence electrons. The summed E-state index contributed by atoms with van der Waals surface area (Å²) in [6.45, 7) is 7.98. The first-order chi connectivity index (χ1) is 8.15. The molecule has 0 aliphatic heterocycles. The van der Waals surface area contributed by atoms with Gasteiger partial charge < -0.3 is 10.1 Å². The Kier molecular flexibility index (Phi) is 5.06. The fourth-order valence-electron chi connectivity index (χ4n) is 2.50. The van der Waals surface area contributed by atoms with Crippen molar-refractivity contribution in [1.82, 2.24) is 5.32 Å². The molecule has 1 saturated carbocycles. The fraction of sp³-hybridized carbons (Fsp3) is 1.00. The highest BCUT2D eigenvalue weighted by atomic mass is 19.4. The highest BCUT2D eigenvalue weighted by Gasteiger charge is 2.42. The summed E-state index contributed by atoms with van der Waals surface area (Å²) in [7, 11) is 0. The van der Waals surface area contributed by atoms with E-state index < -0.39 is 12.3 Å². The van der Waals surface area contributed by atoms with E-state index in [1.165, 1.54) is 0 Å². The molecule has 0 heterocycles. The molecule has 0 aromatic carbocycles. The van der Waals surface area contributed by atoms with Gasteiger partial charge in [-0.05, 0) is 38.1 Å². The molecule has 3 unspecified atom stereocenters. The number of halogens is 3. The molecule has 1 aliphatic rings. The van der Waals surface area contributed by atoms with E-state index in [1.54, 1.807) is 0 Å². The maximum atomic E-state index is 12.6. The summed E-state index contributed by atoms with van der Waals surface area (Å²) in [5.74, 6) is 0. The Hall–Kier alpha value is -0.290. The van der Waals surface area contributed by atoms with Crippen LogP contribution in [0.1, 0.15) is 47.0 Å². The molecule has 18 heavy (non-hydrogen) atoms. The van der Waals surface area contributed by atoms with Crippen molar-refractivity contribution >= 4 is 0 Å². The molecule has 0 spiro atoms. The zero-order valence-corrected chi connectivity index (χ0v) is 11.6. The van der Waals surface area contributed by atoms with Crippen molar-refractivity contribution in [3.63, 3.8) is 0 Å². The summed E-state index contributed by atoms with van der Waals surface area (Å²) >= 11 is 0. The molecule has 0 amide bonds. The lowest BCUT2D eigenvalue weighted by atomic mass is 9.74. The number of nitrogens with one attached hydrogen (secondary N) is 1. The van der Waals surface area contributed by atoms with Gasteiger partial charge in [-0.3, -0.25) is 0 Å². The fourth-order valence-corrected chi connectivity index (χ4v) is 2.50. The molecule has 0 saturated heterocycles. The standard InChI is InChI=1S/C13H24F3NO/c1-5-17-10-6-7-12(3,4)8-11(10)18-9(2)13(14,15)16/h9-11,17H,5-8H2,1-4H3. The summed E-state index contributed by atoms with van der Waals surface area (Å²) in [6.07, 6.45) is -3.77. The van der Waals surface area contributed by atoms with Gasteiger partial charge in [-0.1, -0.05) is 20.8 Å². The van der Waals surface area contributed by atoms with Crippen molar-refractivity contribution in [2.45, 2.75) is 71.4 Å². The molecule has 1 aliphatic carbocycles. The summed E-state index contributed by atoms with van der Waals surface area (Å²) < 4.78 is 43.0. The molecule has 0 aromatic heterocycles. The Balaban J connectivity index is 2.67. The average Bonchev–Trinajstić information content (AvgIpc) is 2.20. The van der Waals surface area contributed by atoms with Gasteiger partial charge in [0, 0.05) is 6.04 Å². The minimum atomic E-state index is -4.28. The minimum Gasteiger partial charge on any atom is -0.364 e. The van der Waals surface area contributed by atoms with Crippen LogP contribution >= 0.6 is 0 Å². The lowest BCUT2D eigenvalue weighted by molar-refractivity contribution is -0.235. The largest absolute Gasteiger partial charge is 0.414 e. The van der Waals surface area contributed by atoms with Crippen LogP contribution in [0, 0.1) is 5.41 Å². The second-order valence-electron chi connectivity index (χ2n) is 5.93. The third-order valence-corrected chi connectivity index (χ3v) is 3.64. The molecule has 1 fully saturated rings. The van der Waals surface area contributed by atoms with Crippen molar-refractivity contribution in [2.75, 3.05) is 6.54 Å². The highest BCUT2D eigenvalue weighted by Crippen LogP contribution is 2.38. The molecule has 0 aromatic rings. The number of rotatable bonds is 4. The first-order valence-corrected chi connectivity index (χ1v) is 6.61. The van der Waals surface area contributed by atoms with E-state index in [0.29, 0.717) is 6.42 Å². The van der Waals surface area contributed by atoms with Gasteiger partial charge in [0.15, 0.2) is 6.10 Å². The third kappa shape index (κ3) is 4.43. The van der Waals surface area contributed by atoms with Crippen molar-refractivity contribution < 1.29 is 17.9 Å². The van der Waals surface area contributed by atoms with Crippen molar-refractivity contribution in [3.8, 4) is 0 Å². The summed E-state index contributed by atoms with van der Waals surface area (Å²) in [4.78, 5) is 0. The molecule has 0 radical (unpaired) electrons. The Morgan fingerprint density at radius 2 is 2.00 bits per heavy atom. The molecule has 2 nitrogen and oxygen atoms in total. The molecule has 1 rings (SSSR count). The summed E-state index contributed by atoms with van der Waals surface area (Å²) in [5, 5.41) is 3.24. The van der Waals surface area contributed by atoms with Crippen molar-refractivity contribution in [1.29, 1.82) is 0 Å². The molecule has 1 N–H and O–H groups in total. The smallest absolute Gasteiger partial charge is 0.364 e. The molecule has 0 bridgehead atoms. The van der Waals surface area contributed by atoms with Crippen LogP contribution in [0.5, 0.6) is 0 Å². The number of hydrogen-bond donors (Lipinski definition) is 1. The van der Waals surface area contributed by atoms with Gasteiger partial charge in [-0.25, -0.2) is 0 Å². The topological polar surface area (TPSA) is 21.3 Å². The van der Waals surface area contributed by atoms with Gasteiger partial charge in [0.05, 0.1) is 6.10 Å². The SMILES string of the molecule is CCNC1CCC(C)(C)CC1OC(C)C(F)(F)F. The van der Waals surface area contributed by atoms with Crippen LogP contribution in [0.2, 0.25) is 0 Å². The Morgan fingerprint density at radius 1 is 1.39 bits per heavy atom. The normalized spacial score (nSPS) is 30.2. The first kappa shape index (κ1) is 15.8. The monoisotopic (exact) mass is 267 g/mol. The van der Waals surface area contributed by atoms with Gasteiger partial charge in [-0.2, -0.15) is 13.2 Å². The Morgan fingerprint density at radius 3 is 2.50 bits per heavy atom. The van der Waals surface area contributed by atoms with Crippen molar-refractivity contribution in [2.24, 2.45) is 5.41 Å². The molecule has 3 atom stereocenters. The Bertz CT molecular complexity index is 265. The molecular formula is C13H24F3NO. The number of hydrogen-bond acceptors (Lipinski definition) is 2. The number of ether oxygens (including phenoxy) is 1. The summed E-state index contributed by atoms with van der Waals surface area (Å²) in [5.41, 5.74) is 0.0574. The maximum Gasteiger partial charge on any atom is 0.414 e. The van der Waals surface area contributed by atoms with E-state index in [0.717, 1.165) is 26.3 Å². The van der Waals surface area contributed by atoms with E-state index in [2.05, 4.69) is 19.2 Å². The zero-order chi connectivity index (χ0) is 14.0. The molecule has 5 heteroatoms. The van der Waals surface area contributed by atoms with E-state index >= 15 is 0 Å². The van der Waals surface area contributed by atoms with E-state index in [-0.39, 0.29) is 17.6 Å². The van der Waals surface area contributed by atoms with Gasteiger partial charge in [-0.15, -0.1) is 0 Å². The van der Waals surface area contributed by atoms with Crippen LogP contribution < -0.4 is 5.32 Å². The Labute approximate surface area is 107 Å². The van der Waals surface area contributed by atoms with Crippen LogP contribution in [-0.4, -0.2) is 31.0 Å². The zero-order valence-electron chi connectivity index (χ0n) is 11.6. The third-order valence-electron chi connectivity index (χ3n) is 3.64. The van der Waals surface area contributed by atoms with Crippen molar-refractivity contribution in [3.05, 3.63) is 0 Å². The van der Waals surface area contributed by atoms with E-state index in [9.17, 15) is 13.2 Å². The van der Waals surface area contributed by atoms with Crippen LogP contribution in [0.25, 0.3) is 0 Å².